The Balaban J connectivity index is 2.06. The van der Waals surface area contributed by atoms with Gasteiger partial charge in [0.2, 0.25) is 5.91 Å². The van der Waals surface area contributed by atoms with E-state index in [9.17, 15) is 4.79 Å². The molecule has 1 aromatic carbocycles. The highest BCUT2D eigenvalue weighted by Crippen LogP contribution is 2.33. The summed E-state index contributed by atoms with van der Waals surface area (Å²) in [5, 5.41) is 3.52. The van der Waals surface area contributed by atoms with Crippen LogP contribution in [0.3, 0.4) is 0 Å². The van der Waals surface area contributed by atoms with Crippen LogP contribution in [-0.4, -0.2) is 41.4 Å². The minimum absolute atomic E-state index is 0.101. The molecule has 0 aromatic heterocycles. The topological polar surface area (TPSA) is 58.4 Å². The number of benzene rings is 1. The fraction of sp³-hybridized carbons (Fsp3) is 0.500. The fourth-order valence-corrected chi connectivity index (χ4v) is 3.76. The van der Waals surface area contributed by atoms with E-state index < -0.39 is 0 Å². The van der Waals surface area contributed by atoms with E-state index in [2.05, 4.69) is 10.2 Å². The lowest BCUT2D eigenvalue weighted by Gasteiger charge is -2.26. The monoisotopic (exact) mass is 347 g/mol. The molecule has 0 aliphatic carbocycles. The maximum absolute atomic E-state index is 12.4. The van der Waals surface area contributed by atoms with Crippen LogP contribution in [0.1, 0.15) is 13.3 Å². The highest BCUT2D eigenvalue weighted by molar-refractivity contribution is 7.99. The Morgan fingerprint density at radius 1 is 1.33 bits per heavy atom. The van der Waals surface area contributed by atoms with Gasteiger partial charge in [-0.2, -0.15) is 11.8 Å². The minimum Gasteiger partial charge on any atom is -0.399 e. The van der Waals surface area contributed by atoms with E-state index in [4.69, 9.17) is 28.9 Å². The van der Waals surface area contributed by atoms with Crippen molar-refractivity contribution in [2.45, 2.75) is 19.4 Å². The van der Waals surface area contributed by atoms with Crippen LogP contribution in [0.2, 0.25) is 10.0 Å². The Morgan fingerprint density at radius 3 is 2.67 bits per heavy atom. The fourth-order valence-electron chi connectivity index (χ4n) is 2.26. The van der Waals surface area contributed by atoms with Gasteiger partial charge in [-0.3, -0.25) is 9.69 Å². The second kappa shape index (κ2) is 7.58. The first kappa shape index (κ1) is 16.7. The van der Waals surface area contributed by atoms with Crippen LogP contribution < -0.4 is 11.1 Å². The molecular formula is C14H19Cl2N3OS. The lowest BCUT2D eigenvalue weighted by Crippen LogP contribution is -2.43. The zero-order valence-electron chi connectivity index (χ0n) is 11.9. The van der Waals surface area contributed by atoms with Gasteiger partial charge in [0.05, 0.1) is 21.8 Å². The molecule has 1 fully saturated rings. The van der Waals surface area contributed by atoms with Crippen LogP contribution >= 0.6 is 35.0 Å². The molecule has 0 bridgehead atoms. The van der Waals surface area contributed by atoms with Gasteiger partial charge in [0, 0.05) is 18.0 Å². The molecule has 4 nitrogen and oxygen atoms in total. The zero-order chi connectivity index (χ0) is 15.4. The molecule has 2 rings (SSSR count). The highest BCUT2D eigenvalue weighted by atomic mass is 35.5. The number of nitrogens with zero attached hydrogens (tertiary/aromatic N) is 1. The van der Waals surface area contributed by atoms with Crippen molar-refractivity contribution >= 4 is 52.2 Å². The molecule has 1 heterocycles. The summed E-state index contributed by atoms with van der Waals surface area (Å²) in [4.78, 5) is 14.6. The lowest BCUT2D eigenvalue weighted by molar-refractivity contribution is -0.120. The van der Waals surface area contributed by atoms with Gasteiger partial charge in [0.1, 0.15) is 0 Å². The number of nitrogen functional groups attached to an aromatic ring is 1. The molecule has 1 amide bonds. The SMILES string of the molecule is CC(C(=O)Nc1c(Cl)cc(N)cc1Cl)N1CCCSCC1. The molecule has 116 valence electrons. The van der Waals surface area contributed by atoms with Crippen LogP contribution in [0.25, 0.3) is 0 Å². The quantitative estimate of drug-likeness (QED) is 0.823. The molecule has 3 N–H and O–H groups in total. The van der Waals surface area contributed by atoms with E-state index in [1.165, 1.54) is 0 Å². The zero-order valence-corrected chi connectivity index (χ0v) is 14.2. The third-order valence-corrected chi connectivity index (χ3v) is 5.14. The number of carbonyl (C=O) groups excluding carboxylic acids is 1. The van der Waals surface area contributed by atoms with E-state index in [0.29, 0.717) is 21.4 Å². The van der Waals surface area contributed by atoms with Gasteiger partial charge in [-0.05, 0) is 37.8 Å². The summed E-state index contributed by atoms with van der Waals surface area (Å²) in [6.45, 7) is 3.76. The van der Waals surface area contributed by atoms with Crippen LogP contribution in [0.5, 0.6) is 0 Å². The van der Waals surface area contributed by atoms with Crippen LogP contribution in [0, 0.1) is 0 Å². The molecular weight excluding hydrogens is 329 g/mol. The summed E-state index contributed by atoms with van der Waals surface area (Å²) in [5.41, 5.74) is 6.56. The van der Waals surface area contributed by atoms with Crippen molar-refractivity contribution in [1.29, 1.82) is 0 Å². The van der Waals surface area contributed by atoms with E-state index in [-0.39, 0.29) is 11.9 Å². The van der Waals surface area contributed by atoms with Gasteiger partial charge < -0.3 is 11.1 Å². The van der Waals surface area contributed by atoms with Crippen molar-refractivity contribution < 1.29 is 4.79 Å². The van der Waals surface area contributed by atoms with Gasteiger partial charge >= 0.3 is 0 Å². The van der Waals surface area contributed by atoms with Crippen molar-refractivity contribution in [2.75, 3.05) is 35.6 Å². The number of hydrogen-bond donors (Lipinski definition) is 2. The molecule has 0 radical (unpaired) electrons. The standard InChI is InChI=1S/C14H19Cl2N3OS/c1-9(19-3-2-5-21-6-4-19)14(20)18-13-11(15)7-10(17)8-12(13)16/h7-9H,2-6,17H2,1H3,(H,18,20). The largest absolute Gasteiger partial charge is 0.399 e. The number of carbonyl (C=O) groups is 1. The molecule has 1 unspecified atom stereocenters. The van der Waals surface area contributed by atoms with Gasteiger partial charge in [-0.1, -0.05) is 23.2 Å². The van der Waals surface area contributed by atoms with Crippen molar-refractivity contribution in [3.63, 3.8) is 0 Å². The summed E-state index contributed by atoms with van der Waals surface area (Å²) in [7, 11) is 0. The van der Waals surface area contributed by atoms with Crippen LogP contribution in [0.4, 0.5) is 11.4 Å². The van der Waals surface area contributed by atoms with Gasteiger partial charge in [-0.15, -0.1) is 0 Å². The number of thioether (sulfide) groups is 1. The summed E-state index contributed by atoms with van der Waals surface area (Å²) < 4.78 is 0. The van der Waals surface area contributed by atoms with Crippen LogP contribution in [-0.2, 0) is 4.79 Å². The predicted octanol–water partition coefficient (Wildman–Crippen LogP) is 3.34. The Labute approximate surface area is 139 Å². The van der Waals surface area contributed by atoms with E-state index in [1.54, 1.807) is 12.1 Å². The maximum atomic E-state index is 12.4. The molecule has 1 aromatic rings. The minimum atomic E-state index is -0.214. The van der Waals surface area contributed by atoms with Crippen molar-refractivity contribution in [2.24, 2.45) is 0 Å². The second-order valence-electron chi connectivity index (χ2n) is 5.03. The number of rotatable bonds is 3. The highest BCUT2D eigenvalue weighted by Gasteiger charge is 2.23. The van der Waals surface area contributed by atoms with E-state index in [0.717, 1.165) is 31.0 Å². The number of halogens is 2. The average Bonchev–Trinajstić information content (AvgIpc) is 2.70. The second-order valence-corrected chi connectivity index (χ2v) is 7.07. The van der Waals surface area contributed by atoms with Crippen molar-refractivity contribution in [1.82, 2.24) is 4.90 Å². The van der Waals surface area contributed by atoms with Gasteiger partial charge in [0.15, 0.2) is 0 Å². The first-order chi connectivity index (χ1) is 9.99. The summed E-state index contributed by atoms with van der Waals surface area (Å²) in [6.07, 6.45) is 1.10. The Morgan fingerprint density at radius 2 is 2.00 bits per heavy atom. The summed E-state index contributed by atoms with van der Waals surface area (Å²) in [6, 6.07) is 2.94. The van der Waals surface area contributed by atoms with E-state index >= 15 is 0 Å². The number of amides is 1. The molecule has 7 heteroatoms. The molecule has 1 saturated heterocycles. The number of nitrogens with two attached hydrogens (primary N) is 1. The molecule has 0 spiro atoms. The van der Waals surface area contributed by atoms with E-state index in [1.807, 2.05) is 18.7 Å². The molecule has 1 aliphatic rings. The third kappa shape index (κ3) is 4.42. The Kier molecular flexibility index (Phi) is 6.05. The maximum Gasteiger partial charge on any atom is 0.241 e. The van der Waals surface area contributed by atoms with Crippen molar-refractivity contribution in [3.05, 3.63) is 22.2 Å². The Bertz CT molecular complexity index is 496. The lowest BCUT2D eigenvalue weighted by atomic mass is 10.2. The summed E-state index contributed by atoms with van der Waals surface area (Å²) in [5.74, 6) is 2.11. The summed E-state index contributed by atoms with van der Waals surface area (Å²) >= 11 is 14.1. The predicted molar refractivity (Wildman–Crippen MR) is 92.5 cm³/mol. The third-order valence-electron chi connectivity index (χ3n) is 3.50. The first-order valence-electron chi connectivity index (χ1n) is 6.86. The molecule has 21 heavy (non-hydrogen) atoms. The smallest absolute Gasteiger partial charge is 0.241 e. The van der Waals surface area contributed by atoms with Gasteiger partial charge in [-0.25, -0.2) is 0 Å². The average molecular weight is 348 g/mol. The first-order valence-corrected chi connectivity index (χ1v) is 8.77. The molecule has 0 saturated carbocycles. The van der Waals surface area contributed by atoms with Crippen molar-refractivity contribution in [3.8, 4) is 0 Å². The Hall–Kier alpha value is -0.620. The van der Waals surface area contributed by atoms with Crippen LogP contribution in [0.15, 0.2) is 12.1 Å². The number of hydrogen-bond acceptors (Lipinski definition) is 4. The molecule has 1 aliphatic heterocycles. The van der Waals surface area contributed by atoms with Gasteiger partial charge in [0.25, 0.3) is 0 Å². The molecule has 1 atom stereocenters. The normalized spacial score (nSPS) is 18.0. The number of anilines is 2. The number of nitrogens with one attached hydrogen (secondary N) is 1.